The zero-order chi connectivity index (χ0) is 27.3. The van der Waals surface area contributed by atoms with Crippen molar-refractivity contribution in [3.8, 4) is 11.5 Å². The maximum Gasteiger partial charge on any atom is 0.338 e. The fourth-order valence-corrected chi connectivity index (χ4v) is 6.04. The number of para-hydroxylation sites is 1. The van der Waals surface area contributed by atoms with Crippen molar-refractivity contribution in [2.75, 3.05) is 5.32 Å². The normalized spacial score (nSPS) is 17.2. The molecule has 0 radical (unpaired) electrons. The van der Waals surface area contributed by atoms with Crippen molar-refractivity contribution in [1.29, 1.82) is 0 Å². The quantitative estimate of drug-likeness (QED) is 0.179. The lowest BCUT2D eigenvalue weighted by atomic mass is 9.94. The molecular weight excluding hydrogens is 520 g/mol. The lowest BCUT2D eigenvalue weighted by molar-refractivity contribution is -0.146. The highest BCUT2D eigenvalue weighted by atomic mass is 32.2. The van der Waals surface area contributed by atoms with Gasteiger partial charge in [-0.2, -0.15) is 4.98 Å². The summed E-state index contributed by atoms with van der Waals surface area (Å²) in [6, 6.07) is 27.2. The summed E-state index contributed by atoms with van der Waals surface area (Å²) in [4.78, 5) is 18.5. The molecule has 8 heteroatoms. The number of nitrogens with one attached hydrogen (secondary N) is 1. The molecule has 204 valence electrons. The third-order valence-electron chi connectivity index (χ3n) is 7.24. The van der Waals surface area contributed by atoms with Gasteiger partial charge < -0.3 is 14.8 Å². The van der Waals surface area contributed by atoms with Gasteiger partial charge in [-0.15, -0.1) is 5.10 Å². The minimum atomic E-state index is -0.509. The highest BCUT2D eigenvalue weighted by Gasteiger charge is 2.36. The minimum absolute atomic E-state index is 0.0518. The van der Waals surface area contributed by atoms with Gasteiger partial charge in [0.25, 0.3) is 0 Å². The standard InChI is InChI=1S/C32H32N4O3S/c1-22-28(30(37)39-26-17-9-4-10-18-26)29(24-14-11-19-27(20-24)38-25-15-7-3-8-16-25)36-31(33-22)34-32(35-36)40-21-23-12-5-2-6-13-23/h2-3,5-8,11-16,19-20,26,29H,4,9-10,17-18,21H2,1H3,(H,33,34,35). The lowest BCUT2D eigenvalue weighted by Crippen LogP contribution is -2.32. The Balaban J connectivity index is 1.33. The second kappa shape index (κ2) is 12.0. The summed E-state index contributed by atoms with van der Waals surface area (Å²) in [5.74, 6) is 2.46. The topological polar surface area (TPSA) is 78.3 Å². The average Bonchev–Trinajstić information content (AvgIpc) is 3.39. The number of benzene rings is 3. The maximum atomic E-state index is 13.7. The van der Waals surface area contributed by atoms with Gasteiger partial charge in [0.1, 0.15) is 23.6 Å². The first kappa shape index (κ1) is 26.2. The Bertz CT molecular complexity index is 1500. The summed E-state index contributed by atoms with van der Waals surface area (Å²) in [6.07, 6.45) is 5.14. The monoisotopic (exact) mass is 552 g/mol. The van der Waals surface area contributed by atoms with E-state index in [9.17, 15) is 4.79 Å². The van der Waals surface area contributed by atoms with Crippen LogP contribution in [-0.2, 0) is 15.3 Å². The number of carbonyl (C=O) groups is 1. The van der Waals surface area contributed by atoms with Gasteiger partial charge in [-0.1, -0.05) is 78.8 Å². The largest absolute Gasteiger partial charge is 0.459 e. The minimum Gasteiger partial charge on any atom is -0.459 e. The molecule has 0 saturated heterocycles. The van der Waals surface area contributed by atoms with Crippen LogP contribution < -0.4 is 10.1 Å². The molecule has 1 aliphatic heterocycles. The van der Waals surface area contributed by atoms with Crippen molar-refractivity contribution in [1.82, 2.24) is 14.8 Å². The Kier molecular flexibility index (Phi) is 7.86. The predicted octanol–water partition coefficient (Wildman–Crippen LogP) is 7.53. The SMILES string of the molecule is CC1=C(C(=O)OC2CCCCC2)C(c2cccc(Oc3ccccc3)c2)n2nc(SCc3ccccc3)nc2N1. The van der Waals surface area contributed by atoms with E-state index in [-0.39, 0.29) is 12.1 Å². The zero-order valence-corrected chi connectivity index (χ0v) is 23.3. The Hall–Kier alpha value is -4.04. The van der Waals surface area contributed by atoms with Gasteiger partial charge in [0.05, 0.1) is 5.57 Å². The number of esters is 1. The smallest absolute Gasteiger partial charge is 0.338 e. The first-order chi connectivity index (χ1) is 19.6. The van der Waals surface area contributed by atoms with E-state index in [0.29, 0.717) is 22.4 Å². The van der Waals surface area contributed by atoms with E-state index >= 15 is 0 Å². The third-order valence-corrected chi connectivity index (χ3v) is 8.15. The number of thioether (sulfide) groups is 1. The van der Waals surface area contributed by atoms with Gasteiger partial charge in [-0.05, 0) is 68.0 Å². The number of aromatic nitrogens is 3. The van der Waals surface area contributed by atoms with Crippen LogP contribution in [0.3, 0.4) is 0 Å². The van der Waals surface area contributed by atoms with Crippen molar-refractivity contribution >= 4 is 23.7 Å². The molecule has 1 fully saturated rings. The number of anilines is 1. The molecule has 0 bridgehead atoms. The van der Waals surface area contributed by atoms with Gasteiger partial charge in [0.2, 0.25) is 11.1 Å². The van der Waals surface area contributed by atoms with Crippen LogP contribution in [0.15, 0.2) is 101 Å². The molecule has 3 aromatic carbocycles. The molecule has 2 aliphatic rings. The lowest BCUT2D eigenvalue weighted by Gasteiger charge is -2.30. The van der Waals surface area contributed by atoms with E-state index in [2.05, 4.69) is 17.4 Å². The fourth-order valence-electron chi connectivity index (χ4n) is 5.26. The molecule has 1 N–H and O–H groups in total. The fraction of sp³-hybridized carbons (Fsp3) is 0.281. The molecule has 1 atom stereocenters. The zero-order valence-electron chi connectivity index (χ0n) is 22.5. The van der Waals surface area contributed by atoms with Crippen molar-refractivity contribution in [2.24, 2.45) is 0 Å². The van der Waals surface area contributed by atoms with E-state index in [0.717, 1.165) is 48.4 Å². The number of hydrogen-bond acceptors (Lipinski definition) is 7. The molecule has 2 heterocycles. The Morgan fingerprint density at radius 3 is 2.45 bits per heavy atom. The predicted molar refractivity (Wildman–Crippen MR) is 156 cm³/mol. The van der Waals surface area contributed by atoms with Crippen LogP contribution in [0, 0.1) is 0 Å². The molecular formula is C32H32N4O3S. The van der Waals surface area contributed by atoms with Crippen LogP contribution >= 0.6 is 11.8 Å². The molecule has 4 aromatic rings. The van der Waals surface area contributed by atoms with E-state index in [1.807, 2.05) is 79.7 Å². The highest BCUT2D eigenvalue weighted by Crippen LogP contribution is 2.39. The molecule has 6 rings (SSSR count). The Morgan fingerprint density at radius 2 is 1.68 bits per heavy atom. The van der Waals surface area contributed by atoms with Crippen molar-refractivity contribution < 1.29 is 14.3 Å². The number of allylic oxidation sites excluding steroid dienone is 1. The van der Waals surface area contributed by atoms with E-state index in [1.54, 1.807) is 16.4 Å². The van der Waals surface area contributed by atoms with Crippen LogP contribution in [0.25, 0.3) is 0 Å². The van der Waals surface area contributed by atoms with Crippen LogP contribution in [-0.4, -0.2) is 26.8 Å². The second-order valence-electron chi connectivity index (χ2n) is 10.2. The summed E-state index contributed by atoms with van der Waals surface area (Å²) in [5, 5.41) is 8.84. The van der Waals surface area contributed by atoms with Crippen LogP contribution in [0.2, 0.25) is 0 Å². The molecule has 1 saturated carbocycles. The van der Waals surface area contributed by atoms with E-state index < -0.39 is 6.04 Å². The first-order valence-electron chi connectivity index (χ1n) is 13.8. The van der Waals surface area contributed by atoms with E-state index in [1.165, 1.54) is 12.0 Å². The van der Waals surface area contributed by atoms with Gasteiger partial charge >= 0.3 is 5.97 Å². The van der Waals surface area contributed by atoms with Crippen molar-refractivity contribution in [3.05, 3.63) is 107 Å². The summed E-state index contributed by atoms with van der Waals surface area (Å²) in [5.41, 5.74) is 3.33. The van der Waals surface area contributed by atoms with Crippen LogP contribution in [0.4, 0.5) is 5.95 Å². The first-order valence-corrected chi connectivity index (χ1v) is 14.8. The number of nitrogens with zero attached hydrogens (tertiary/aromatic N) is 3. The molecule has 1 aliphatic carbocycles. The third kappa shape index (κ3) is 5.92. The van der Waals surface area contributed by atoms with E-state index in [4.69, 9.17) is 19.6 Å². The van der Waals surface area contributed by atoms with Gasteiger partial charge in [-0.25, -0.2) is 9.48 Å². The average molecular weight is 553 g/mol. The van der Waals surface area contributed by atoms with Crippen LogP contribution in [0.1, 0.15) is 56.2 Å². The van der Waals surface area contributed by atoms with Gasteiger partial charge in [-0.3, -0.25) is 0 Å². The highest BCUT2D eigenvalue weighted by molar-refractivity contribution is 7.98. The number of ether oxygens (including phenoxy) is 2. The number of carbonyl (C=O) groups excluding carboxylic acids is 1. The second-order valence-corrected chi connectivity index (χ2v) is 11.1. The van der Waals surface area contributed by atoms with Gasteiger partial charge in [0, 0.05) is 11.4 Å². The number of rotatable bonds is 8. The summed E-state index contributed by atoms with van der Waals surface area (Å²) in [6.45, 7) is 1.91. The molecule has 1 unspecified atom stereocenters. The Labute approximate surface area is 238 Å². The maximum absolute atomic E-state index is 13.7. The van der Waals surface area contributed by atoms with Crippen molar-refractivity contribution in [2.45, 2.75) is 62.1 Å². The molecule has 40 heavy (non-hydrogen) atoms. The summed E-state index contributed by atoms with van der Waals surface area (Å²) >= 11 is 1.57. The molecule has 7 nitrogen and oxygen atoms in total. The van der Waals surface area contributed by atoms with Crippen molar-refractivity contribution in [3.63, 3.8) is 0 Å². The van der Waals surface area contributed by atoms with Crippen LogP contribution in [0.5, 0.6) is 11.5 Å². The summed E-state index contributed by atoms with van der Waals surface area (Å²) in [7, 11) is 0. The van der Waals surface area contributed by atoms with Gasteiger partial charge in [0.15, 0.2) is 0 Å². The number of hydrogen-bond donors (Lipinski definition) is 1. The number of fused-ring (bicyclic) bond motifs is 1. The molecule has 1 aromatic heterocycles. The molecule has 0 spiro atoms. The summed E-state index contributed by atoms with van der Waals surface area (Å²) < 4.78 is 14.0. The Morgan fingerprint density at radius 1 is 0.950 bits per heavy atom. The molecule has 0 amide bonds.